The van der Waals surface area contributed by atoms with Crippen LogP contribution in [0.15, 0.2) is 72.6 Å². The molecule has 0 bridgehead atoms. The van der Waals surface area contributed by atoms with Crippen molar-refractivity contribution in [2.45, 2.75) is 26.7 Å². The number of anilines is 2. The quantitative estimate of drug-likeness (QED) is 0.377. The van der Waals surface area contributed by atoms with E-state index < -0.39 is 0 Å². The number of H-pyrrole nitrogens is 1. The minimum atomic E-state index is -0.329. The predicted octanol–water partition coefficient (Wildman–Crippen LogP) is 5.12. The Kier molecular flexibility index (Phi) is 7.79. The Morgan fingerprint density at radius 2 is 2.08 bits per heavy atom. The number of aromatic amines is 1. The summed E-state index contributed by atoms with van der Waals surface area (Å²) < 4.78 is 6.90. The van der Waals surface area contributed by atoms with E-state index in [0.717, 1.165) is 36.5 Å². The first-order valence-electron chi connectivity index (χ1n) is 12.0. The Morgan fingerprint density at radius 1 is 1.22 bits per heavy atom. The van der Waals surface area contributed by atoms with Crippen molar-refractivity contribution in [3.8, 4) is 17.0 Å². The van der Waals surface area contributed by atoms with Crippen LogP contribution in [0.5, 0.6) is 5.75 Å². The van der Waals surface area contributed by atoms with Crippen LogP contribution in [0.2, 0.25) is 0 Å². The van der Waals surface area contributed by atoms with Gasteiger partial charge in [0.15, 0.2) is 11.3 Å². The number of likely N-dealkylation sites (N-methyl/N-ethyl adjacent to an activating group) is 1. The molecule has 0 unspecified atom stereocenters. The molecule has 9 heteroatoms. The predicted molar refractivity (Wildman–Crippen MR) is 143 cm³/mol. The van der Waals surface area contributed by atoms with E-state index in [1.165, 1.54) is 5.57 Å². The van der Waals surface area contributed by atoms with Crippen molar-refractivity contribution < 1.29 is 9.53 Å². The number of carbonyl (C=O) groups excluding carboxylic acids is 1. The highest BCUT2D eigenvalue weighted by molar-refractivity contribution is 6.03. The van der Waals surface area contributed by atoms with E-state index in [-0.39, 0.29) is 11.6 Å². The molecule has 36 heavy (non-hydrogen) atoms. The fourth-order valence-corrected chi connectivity index (χ4v) is 3.90. The molecular formula is C27H31N7O2. The average molecular weight is 486 g/mol. The minimum Gasteiger partial charge on any atom is -0.497 e. The Morgan fingerprint density at radius 3 is 2.81 bits per heavy atom. The van der Waals surface area contributed by atoms with Crippen molar-refractivity contribution >= 4 is 23.1 Å². The lowest BCUT2D eigenvalue weighted by Crippen LogP contribution is -2.21. The number of benzene rings is 1. The molecule has 4 aromatic rings. The number of methoxy groups -OCH3 is 1. The van der Waals surface area contributed by atoms with Gasteiger partial charge in [0.05, 0.1) is 19.0 Å². The summed E-state index contributed by atoms with van der Waals surface area (Å²) >= 11 is 0. The van der Waals surface area contributed by atoms with Crippen LogP contribution in [0.3, 0.4) is 0 Å². The number of ether oxygens (including phenoxy) is 1. The molecule has 1 aliphatic rings. The van der Waals surface area contributed by atoms with Gasteiger partial charge in [0.25, 0.3) is 5.91 Å². The zero-order valence-electron chi connectivity index (χ0n) is 21.0. The third-order valence-corrected chi connectivity index (χ3v) is 5.65. The Balaban J connectivity index is 0.00000148. The van der Waals surface area contributed by atoms with E-state index in [0.29, 0.717) is 17.1 Å². The van der Waals surface area contributed by atoms with Crippen LogP contribution < -0.4 is 15.0 Å². The Hall–Kier alpha value is -4.40. The van der Waals surface area contributed by atoms with E-state index in [9.17, 15) is 4.79 Å². The molecule has 1 aromatic carbocycles. The van der Waals surface area contributed by atoms with Gasteiger partial charge < -0.3 is 15.0 Å². The van der Waals surface area contributed by atoms with Crippen molar-refractivity contribution in [2.24, 2.45) is 0 Å². The maximum atomic E-state index is 13.0. The standard InChI is InChI=1S/C25H25N7O2.C2H6/c1-31(16-17-7-4-3-5-8-17)23-13-22(18-14-26-27-15-18)32-24(29-23)12-21(30-32)25(33)28-19-9-6-10-20(11-19)34-2;1-2/h4,6-15H,3,5,16H2,1-2H3,(H,26,27)(H,28,33);1-2H3. The summed E-state index contributed by atoms with van der Waals surface area (Å²) in [5.41, 5.74) is 4.35. The number of fused-ring (bicyclic) bond motifs is 1. The van der Waals surface area contributed by atoms with Crippen LogP contribution in [-0.4, -0.2) is 51.4 Å². The highest BCUT2D eigenvalue weighted by Gasteiger charge is 2.18. The molecule has 3 aromatic heterocycles. The summed E-state index contributed by atoms with van der Waals surface area (Å²) in [6.45, 7) is 4.74. The molecule has 2 N–H and O–H groups in total. The Bertz CT molecular complexity index is 1390. The van der Waals surface area contributed by atoms with Crippen molar-refractivity contribution in [1.82, 2.24) is 24.8 Å². The molecule has 186 valence electrons. The van der Waals surface area contributed by atoms with Crippen molar-refractivity contribution in [3.05, 3.63) is 78.3 Å². The lowest BCUT2D eigenvalue weighted by molar-refractivity contribution is 0.102. The van der Waals surface area contributed by atoms with Crippen LogP contribution in [0.25, 0.3) is 16.9 Å². The first kappa shape index (κ1) is 24.7. The smallest absolute Gasteiger partial charge is 0.276 e. The molecule has 0 saturated carbocycles. The maximum Gasteiger partial charge on any atom is 0.276 e. The topological polar surface area (TPSA) is 100 Å². The van der Waals surface area contributed by atoms with E-state index in [1.54, 1.807) is 42.2 Å². The monoisotopic (exact) mass is 485 g/mol. The second-order valence-corrected chi connectivity index (χ2v) is 8.09. The first-order chi connectivity index (χ1) is 17.6. The largest absolute Gasteiger partial charge is 0.497 e. The van der Waals surface area contributed by atoms with Gasteiger partial charge in [-0.25, -0.2) is 9.50 Å². The summed E-state index contributed by atoms with van der Waals surface area (Å²) in [5, 5.41) is 14.3. The molecular weight excluding hydrogens is 454 g/mol. The van der Waals surface area contributed by atoms with Crippen LogP contribution in [0.4, 0.5) is 11.5 Å². The summed E-state index contributed by atoms with van der Waals surface area (Å²) in [5.74, 6) is 1.11. The number of hydrogen-bond donors (Lipinski definition) is 2. The molecule has 0 saturated heterocycles. The van der Waals surface area contributed by atoms with Gasteiger partial charge in [0, 0.05) is 49.2 Å². The number of nitrogens with one attached hydrogen (secondary N) is 2. The SMILES string of the molecule is CC.COc1cccc(NC(=O)c2cc3nc(N(C)CC4=CCCC=C4)cc(-c4cn[nH]c4)n3n2)c1. The fourth-order valence-electron chi connectivity index (χ4n) is 3.90. The van der Waals surface area contributed by atoms with Gasteiger partial charge in [0.2, 0.25) is 0 Å². The second kappa shape index (κ2) is 11.4. The number of allylic oxidation sites excluding steroid dienone is 2. The molecule has 5 rings (SSSR count). The van der Waals surface area contributed by atoms with Gasteiger partial charge in [-0.15, -0.1) is 0 Å². The normalized spacial score (nSPS) is 12.5. The minimum absolute atomic E-state index is 0.262. The lowest BCUT2D eigenvalue weighted by Gasteiger charge is -2.21. The highest BCUT2D eigenvalue weighted by atomic mass is 16.5. The van der Waals surface area contributed by atoms with Gasteiger partial charge >= 0.3 is 0 Å². The van der Waals surface area contributed by atoms with Crippen LogP contribution in [0.1, 0.15) is 37.2 Å². The number of carbonyl (C=O) groups is 1. The average Bonchev–Trinajstić information content (AvgIpc) is 3.60. The van der Waals surface area contributed by atoms with E-state index >= 15 is 0 Å². The molecule has 3 heterocycles. The zero-order chi connectivity index (χ0) is 25.5. The van der Waals surface area contributed by atoms with E-state index in [1.807, 2.05) is 39.1 Å². The van der Waals surface area contributed by atoms with E-state index in [2.05, 4.69) is 43.7 Å². The van der Waals surface area contributed by atoms with Gasteiger partial charge in [0.1, 0.15) is 11.6 Å². The van der Waals surface area contributed by atoms with E-state index in [4.69, 9.17) is 9.72 Å². The summed E-state index contributed by atoms with van der Waals surface area (Å²) in [6.07, 6.45) is 12.3. The number of amides is 1. The summed E-state index contributed by atoms with van der Waals surface area (Å²) in [7, 11) is 3.59. The zero-order valence-corrected chi connectivity index (χ0v) is 21.0. The van der Waals surface area contributed by atoms with Gasteiger partial charge in [-0.1, -0.05) is 38.1 Å². The molecule has 0 atom stereocenters. The lowest BCUT2D eigenvalue weighted by atomic mass is 10.1. The highest BCUT2D eigenvalue weighted by Crippen LogP contribution is 2.26. The molecule has 0 radical (unpaired) electrons. The number of aromatic nitrogens is 5. The van der Waals surface area contributed by atoms with Crippen LogP contribution in [-0.2, 0) is 0 Å². The molecule has 0 spiro atoms. The van der Waals surface area contributed by atoms with Gasteiger partial charge in [-0.05, 0) is 30.5 Å². The molecule has 0 aliphatic heterocycles. The molecule has 1 aliphatic carbocycles. The molecule has 9 nitrogen and oxygen atoms in total. The third kappa shape index (κ3) is 5.46. The third-order valence-electron chi connectivity index (χ3n) is 5.65. The second-order valence-electron chi connectivity index (χ2n) is 8.09. The number of hydrogen-bond acceptors (Lipinski definition) is 6. The Labute approximate surface area is 210 Å². The molecule has 1 amide bonds. The van der Waals surface area contributed by atoms with Crippen LogP contribution in [0, 0.1) is 0 Å². The van der Waals surface area contributed by atoms with Gasteiger partial charge in [-0.3, -0.25) is 9.89 Å². The van der Waals surface area contributed by atoms with Gasteiger partial charge in [-0.2, -0.15) is 10.2 Å². The summed E-state index contributed by atoms with van der Waals surface area (Å²) in [4.78, 5) is 19.8. The van der Waals surface area contributed by atoms with Crippen molar-refractivity contribution in [3.63, 3.8) is 0 Å². The van der Waals surface area contributed by atoms with Crippen molar-refractivity contribution in [2.75, 3.05) is 30.9 Å². The first-order valence-corrected chi connectivity index (χ1v) is 12.0. The molecule has 0 fully saturated rings. The van der Waals surface area contributed by atoms with Crippen molar-refractivity contribution in [1.29, 1.82) is 0 Å². The summed E-state index contributed by atoms with van der Waals surface area (Å²) in [6, 6.07) is 10.8. The maximum absolute atomic E-state index is 13.0. The fraction of sp³-hybridized carbons (Fsp3) is 0.259. The number of rotatable bonds is 7. The number of nitrogens with zero attached hydrogens (tertiary/aromatic N) is 5. The van der Waals surface area contributed by atoms with Crippen LogP contribution >= 0.6 is 0 Å².